The van der Waals surface area contributed by atoms with E-state index in [0.29, 0.717) is 59.3 Å². The molecule has 5 rings (SSSR count). The van der Waals surface area contributed by atoms with Crippen molar-refractivity contribution < 1.29 is 13.7 Å². The summed E-state index contributed by atoms with van der Waals surface area (Å²) in [5, 5.41) is 6.84. The van der Waals surface area contributed by atoms with Crippen molar-refractivity contribution in [2.75, 3.05) is 42.7 Å². The molecule has 0 bridgehead atoms. The van der Waals surface area contributed by atoms with Crippen molar-refractivity contribution in [2.45, 2.75) is 42.5 Å². The molecule has 180 valence electrons. The van der Waals surface area contributed by atoms with Crippen molar-refractivity contribution in [3.63, 3.8) is 0 Å². The molecule has 1 atom stereocenters. The Morgan fingerprint density at radius 1 is 1.26 bits per heavy atom. The molecule has 2 aromatic heterocycles. The van der Waals surface area contributed by atoms with Gasteiger partial charge in [0.2, 0.25) is 5.95 Å². The van der Waals surface area contributed by atoms with Crippen LogP contribution < -0.4 is 15.5 Å². The number of hydrogen-bond donors (Lipinski definition) is 2. The van der Waals surface area contributed by atoms with E-state index < -0.39 is 16.9 Å². The highest BCUT2D eigenvalue weighted by Crippen LogP contribution is 2.38. The summed E-state index contributed by atoms with van der Waals surface area (Å²) in [6.45, 7) is 1.75. The third-order valence-electron chi connectivity index (χ3n) is 6.53. The maximum atomic E-state index is 12.8. The second-order valence-electron chi connectivity index (χ2n) is 8.70. The Kier molecular flexibility index (Phi) is 6.39. The molecule has 2 aromatic rings. The molecule has 3 aliphatic rings. The molecule has 1 aliphatic carbocycles. The highest BCUT2D eigenvalue weighted by atomic mass is 35.5. The third kappa shape index (κ3) is 4.58. The highest BCUT2D eigenvalue weighted by molar-refractivity contribution is 7.85. The van der Waals surface area contributed by atoms with E-state index in [1.807, 2.05) is 0 Å². The van der Waals surface area contributed by atoms with E-state index in [9.17, 15) is 9.00 Å². The van der Waals surface area contributed by atoms with Crippen molar-refractivity contribution in [3.05, 3.63) is 35.0 Å². The molecule has 0 aromatic carbocycles. The van der Waals surface area contributed by atoms with Gasteiger partial charge in [-0.2, -0.15) is 4.98 Å². The minimum atomic E-state index is -1.14. The van der Waals surface area contributed by atoms with Crippen LogP contribution in [0.1, 0.15) is 37.2 Å². The fraction of sp³-hybridized carbons (Fsp3) is 0.500. The number of carbonyl (C=O) groups is 1. The summed E-state index contributed by atoms with van der Waals surface area (Å²) >= 11 is 5.90. The van der Waals surface area contributed by atoms with Crippen LogP contribution in [0, 0.1) is 0 Å². The minimum Gasteiger partial charge on any atom is -0.453 e. The van der Waals surface area contributed by atoms with Gasteiger partial charge in [0.05, 0.1) is 34.2 Å². The topological polar surface area (TPSA) is 122 Å². The zero-order valence-corrected chi connectivity index (χ0v) is 20.4. The van der Waals surface area contributed by atoms with Crippen LogP contribution in [0.2, 0.25) is 5.02 Å². The number of anilines is 2. The van der Waals surface area contributed by atoms with E-state index in [4.69, 9.17) is 26.3 Å². The Hall–Kier alpha value is -2.79. The molecular weight excluding hydrogens is 478 g/mol. The number of nitrogens with zero attached hydrogens (tertiary/aromatic N) is 5. The predicted molar refractivity (Wildman–Crippen MR) is 129 cm³/mol. The van der Waals surface area contributed by atoms with Gasteiger partial charge in [0.1, 0.15) is 10.7 Å². The summed E-state index contributed by atoms with van der Waals surface area (Å²) in [6.07, 6.45) is 9.05. The van der Waals surface area contributed by atoms with E-state index in [-0.39, 0.29) is 5.54 Å². The molecule has 1 amide bonds. The number of amides is 1. The van der Waals surface area contributed by atoms with Gasteiger partial charge in [0, 0.05) is 44.2 Å². The maximum Gasteiger partial charge on any atom is 0.406 e. The zero-order valence-electron chi connectivity index (χ0n) is 18.8. The third-order valence-corrected chi connectivity index (χ3v) is 8.18. The molecule has 1 saturated carbocycles. The maximum absolute atomic E-state index is 12.8. The summed E-state index contributed by atoms with van der Waals surface area (Å²) in [7, 11) is 0.208. The van der Waals surface area contributed by atoms with Crippen LogP contribution in [-0.2, 0) is 22.0 Å². The number of hydrogen-bond acceptors (Lipinski definition) is 9. The lowest BCUT2D eigenvalue weighted by molar-refractivity contribution is 0.163. The molecular formula is C22H26ClN7O3S. The number of alkyl carbamates (subject to hydrolysis) is 1. The number of ether oxygens (including phenoxy) is 1. The molecule has 1 unspecified atom stereocenters. The normalized spacial score (nSPS) is 20.7. The number of halogens is 1. The van der Waals surface area contributed by atoms with Crippen molar-refractivity contribution in [3.8, 4) is 0 Å². The number of carbonyl (C=O) groups excluding carboxylic acids is 1. The predicted octanol–water partition coefficient (Wildman–Crippen LogP) is 2.57. The summed E-state index contributed by atoms with van der Waals surface area (Å²) in [6, 6.07) is 0. The Bertz CT molecular complexity index is 1150. The number of fused-ring (bicyclic) bond motifs is 1. The van der Waals surface area contributed by atoms with Crippen LogP contribution in [0.5, 0.6) is 0 Å². The van der Waals surface area contributed by atoms with Crippen LogP contribution in [0.15, 0.2) is 23.4 Å². The van der Waals surface area contributed by atoms with Gasteiger partial charge in [-0.1, -0.05) is 17.7 Å². The van der Waals surface area contributed by atoms with Gasteiger partial charge in [-0.15, -0.1) is 0 Å². The van der Waals surface area contributed by atoms with E-state index >= 15 is 0 Å². The second-order valence-corrected chi connectivity index (χ2v) is 10.6. The van der Waals surface area contributed by atoms with Gasteiger partial charge in [-0.3, -0.25) is 4.21 Å². The quantitative estimate of drug-likeness (QED) is 0.612. The SMILES string of the molecule is COC(=O)NCC1(Nc2nc(N3CC=C(c4ncc(Cl)cn4)CC3)nc3c2S(=O)CC3)CCC1. The number of rotatable bonds is 6. The van der Waals surface area contributed by atoms with Gasteiger partial charge in [0.15, 0.2) is 5.82 Å². The van der Waals surface area contributed by atoms with Crippen molar-refractivity contribution in [1.29, 1.82) is 0 Å². The zero-order chi connectivity index (χ0) is 23.7. The van der Waals surface area contributed by atoms with Gasteiger partial charge in [0.25, 0.3) is 0 Å². The van der Waals surface area contributed by atoms with Crippen molar-refractivity contribution in [1.82, 2.24) is 25.3 Å². The van der Waals surface area contributed by atoms with Gasteiger partial charge in [-0.25, -0.2) is 19.7 Å². The molecule has 4 heterocycles. The summed E-state index contributed by atoms with van der Waals surface area (Å²) < 4.78 is 17.5. The van der Waals surface area contributed by atoms with Gasteiger partial charge < -0.3 is 20.3 Å². The van der Waals surface area contributed by atoms with Gasteiger partial charge in [-0.05, 0) is 31.3 Å². The first kappa shape index (κ1) is 23.0. The fourth-order valence-electron chi connectivity index (χ4n) is 4.46. The Balaban J connectivity index is 1.38. The molecule has 12 heteroatoms. The second kappa shape index (κ2) is 9.46. The molecule has 2 N–H and O–H groups in total. The minimum absolute atomic E-state index is 0.332. The largest absolute Gasteiger partial charge is 0.453 e. The fourth-order valence-corrected chi connectivity index (χ4v) is 5.86. The Morgan fingerprint density at radius 2 is 2.06 bits per heavy atom. The van der Waals surface area contributed by atoms with E-state index in [1.54, 1.807) is 12.4 Å². The lowest BCUT2D eigenvalue weighted by Crippen LogP contribution is -2.54. The van der Waals surface area contributed by atoms with Crippen LogP contribution in [0.3, 0.4) is 0 Å². The monoisotopic (exact) mass is 503 g/mol. The van der Waals surface area contributed by atoms with Gasteiger partial charge >= 0.3 is 6.09 Å². The van der Waals surface area contributed by atoms with Crippen LogP contribution in [0.4, 0.5) is 16.6 Å². The van der Waals surface area contributed by atoms with Crippen LogP contribution >= 0.6 is 11.6 Å². The number of aromatic nitrogens is 4. The number of aryl methyl sites for hydroxylation is 1. The highest BCUT2D eigenvalue weighted by Gasteiger charge is 2.40. The Labute approximate surface area is 205 Å². The molecule has 0 radical (unpaired) electrons. The van der Waals surface area contributed by atoms with E-state index in [2.05, 4.69) is 31.6 Å². The standard InChI is InChI=1S/C22H26ClN7O3S/c1-33-21(31)26-13-22(6-2-7-22)29-19-17-16(5-10-34(17)32)27-20(28-19)30-8-3-14(4-9-30)18-24-11-15(23)12-25-18/h3,11-12H,2,4-10,13H2,1H3,(H,26,31)(H,27,28,29). The smallest absolute Gasteiger partial charge is 0.406 e. The number of nitrogens with one attached hydrogen (secondary N) is 2. The average molecular weight is 504 g/mol. The first-order valence-corrected chi connectivity index (χ1v) is 13.0. The average Bonchev–Trinajstić information content (AvgIpc) is 3.21. The van der Waals surface area contributed by atoms with Crippen molar-refractivity contribution in [2.24, 2.45) is 0 Å². The first-order valence-electron chi connectivity index (χ1n) is 11.3. The molecule has 1 fully saturated rings. The van der Waals surface area contributed by atoms with Crippen molar-refractivity contribution >= 4 is 45.8 Å². The summed E-state index contributed by atoms with van der Waals surface area (Å²) in [5.41, 5.74) is 1.56. The molecule has 34 heavy (non-hydrogen) atoms. The van der Waals surface area contributed by atoms with Crippen LogP contribution in [-0.4, -0.2) is 68.3 Å². The molecule has 0 spiro atoms. The molecule has 0 saturated heterocycles. The number of methoxy groups -OCH3 is 1. The molecule has 2 aliphatic heterocycles. The van der Waals surface area contributed by atoms with Crippen LogP contribution in [0.25, 0.3) is 5.57 Å². The van der Waals surface area contributed by atoms with E-state index in [0.717, 1.165) is 37.0 Å². The van der Waals surface area contributed by atoms with E-state index in [1.165, 1.54) is 7.11 Å². The summed E-state index contributed by atoms with van der Waals surface area (Å²) in [4.78, 5) is 32.7. The summed E-state index contributed by atoms with van der Waals surface area (Å²) in [5.74, 6) is 2.45. The molecule has 10 nitrogen and oxygen atoms in total. The first-order chi connectivity index (χ1) is 16.5. The lowest BCUT2D eigenvalue weighted by Gasteiger charge is -2.43. The Morgan fingerprint density at radius 3 is 2.71 bits per heavy atom. The lowest BCUT2D eigenvalue weighted by atomic mass is 9.76.